The summed E-state index contributed by atoms with van der Waals surface area (Å²) in [5.41, 5.74) is 0.855. The van der Waals surface area contributed by atoms with Crippen molar-refractivity contribution in [3.63, 3.8) is 0 Å². The van der Waals surface area contributed by atoms with Crippen molar-refractivity contribution in [3.8, 4) is 17.2 Å². The maximum Gasteiger partial charge on any atom is 0.270 e. The van der Waals surface area contributed by atoms with Crippen molar-refractivity contribution >= 4 is 17.5 Å². The zero-order valence-electron chi connectivity index (χ0n) is 16.0. The second kappa shape index (κ2) is 10.6. The van der Waals surface area contributed by atoms with E-state index >= 15 is 0 Å². The molecule has 0 amide bonds. The Labute approximate surface area is 158 Å². The Hall–Kier alpha value is -3.35. The molecule has 0 fully saturated rings. The zero-order chi connectivity index (χ0) is 20.4. The molecule has 2 aromatic carbocycles. The summed E-state index contributed by atoms with van der Waals surface area (Å²) in [6.07, 6.45) is 2.85. The molecule has 7 heteroatoms. The van der Waals surface area contributed by atoms with E-state index in [9.17, 15) is 14.9 Å². The van der Waals surface area contributed by atoms with Crippen molar-refractivity contribution in [3.05, 3.63) is 63.7 Å². The van der Waals surface area contributed by atoms with E-state index in [1.807, 2.05) is 13.8 Å². The number of non-ortho nitro benzene ring substituents is 1. The predicted octanol–water partition coefficient (Wildman–Crippen LogP) is 4.54. The van der Waals surface area contributed by atoms with Gasteiger partial charge in [-0.05, 0) is 23.8 Å². The maximum absolute atomic E-state index is 12.4. The number of nitro groups is 1. The number of rotatable bonds is 7. The van der Waals surface area contributed by atoms with E-state index in [1.165, 1.54) is 45.6 Å². The molecule has 0 aliphatic rings. The number of methoxy groups -OCH3 is 3. The lowest BCUT2D eigenvalue weighted by molar-refractivity contribution is -0.384. The Balaban J connectivity index is 0.00000176. The second-order valence-corrected chi connectivity index (χ2v) is 4.96. The van der Waals surface area contributed by atoms with Crippen molar-refractivity contribution in [1.82, 2.24) is 0 Å². The van der Waals surface area contributed by atoms with Gasteiger partial charge in [-0.15, -0.1) is 0 Å². The van der Waals surface area contributed by atoms with Gasteiger partial charge in [-0.3, -0.25) is 14.9 Å². The number of hydrogen-bond donors (Lipinski definition) is 0. The molecule has 0 heterocycles. The summed E-state index contributed by atoms with van der Waals surface area (Å²) in [5.74, 6) is 0.831. The van der Waals surface area contributed by atoms with Crippen LogP contribution >= 0.6 is 0 Å². The standard InChI is InChI=1S/C18H17NO6.C2H6/c1-23-16-10-13(11-17(24-2)18(16)25-3)15(20)8-7-12-5-4-6-14(9-12)19(21)22;1-2/h4-11H,1-3H3;1-2H3/b8-7+;. The van der Waals surface area contributed by atoms with Crippen LogP contribution in [0.4, 0.5) is 5.69 Å². The lowest BCUT2D eigenvalue weighted by atomic mass is 10.1. The molecule has 0 aliphatic heterocycles. The molecule has 2 rings (SSSR count). The first-order valence-electron chi connectivity index (χ1n) is 8.27. The average molecular weight is 373 g/mol. The van der Waals surface area contributed by atoms with Crippen LogP contribution in [0, 0.1) is 10.1 Å². The molecule has 0 aliphatic carbocycles. The van der Waals surface area contributed by atoms with Crippen molar-refractivity contribution in [2.75, 3.05) is 21.3 Å². The third-order valence-electron chi connectivity index (χ3n) is 3.46. The number of ether oxygens (including phenoxy) is 3. The van der Waals surface area contributed by atoms with Crippen LogP contribution in [0.1, 0.15) is 29.8 Å². The first kappa shape index (κ1) is 21.7. The highest BCUT2D eigenvalue weighted by Gasteiger charge is 2.15. The molecule has 0 N–H and O–H groups in total. The van der Waals surface area contributed by atoms with Crippen LogP contribution in [0.3, 0.4) is 0 Å². The van der Waals surface area contributed by atoms with Gasteiger partial charge in [0, 0.05) is 17.7 Å². The molecule has 0 saturated heterocycles. The fourth-order valence-corrected chi connectivity index (χ4v) is 2.23. The van der Waals surface area contributed by atoms with E-state index in [1.54, 1.807) is 24.3 Å². The van der Waals surface area contributed by atoms with E-state index < -0.39 is 4.92 Å². The van der Waals surface area contributed by atoms with Gasteiger partial charge in [-0.25, -0.2) is 0 Å². The third-order valence-corrected chi connectivity index (χ3v) is 3.46. The number of nitrogens with zero attached hydrogens (tertiary/aromatic N) is 1. The highest BCUT2D eigenvalue weighted by molar-refractivity contribution is 6.07. The minimum Gasteiger partial charge on any atom is -0.493 e. The van der Waals surface area contributed by atoms with E-state index in [0.29, 0.717) is 28.4 Å². The van der Waals surface area contributed by atoms with Gasteiger partial charge in [0.05, 0.1) is 26.3 Å². The highest BCUT2D eigenvalue weighted by atomic mass is 16.6. The van der Waals surface area contributed by atoms with Gasteiger partial charge >= 0.3 is 0 Å². The fraction of sp³-hybridized carbons (Fsp3) is 0.250. The Morgan fingerprint density at radius 3 is 2.07 bits per heavy atom. The van der Waals surface area contributed by atoms with Crippen molar-refractivity contribution in [1.29, 1.82) is 0 Å². The molecular formula is C20H23NO6. The summed E-state index contributed by atoms with van der Waals surface area (Å²) >= 11 is 0. The molecule has 0 saturated carbocycles. The van der Waals surface area contributed by atoms with E-state index in [-0.39, 0.29) is 11.5 Å². The fourth-order valence-electron chi connectivity index (χ4n) is 2.23. The average Bonchev–Trinajstić information content (AvgIpc) is 2.72. The van der Waals surface area contributed by atoms with Gasteiger partial charge in [-0.1, -0.05) is 32.1 Å². The van der Waals surface area contributed by atoms with Gasteiger partial charge in [0.25, 0.3) is 5.69 Å². The van der Waals surface area contributed by atoms with Gasteiger partial charge < -0.3 is 14.2 Å². The van der Waals surface area contributed by atoms with E-state index in [2.05, 4.69) is 0 Å². The molecule has 2 aromatic rings. The molecule has 27 heavy (non-hydrogen) atoms. The third kappa shape index (κ3) is 5.57. The van der Waals surface area contributed by atoms with Gasteiger partial charge in [0.1, 0.15) is 0 Å². The summed E-state index contributed by atoms with van der Waals surface area (Å²) in [7, 11) is 4.40. The summed E-state index contributed by atoms with van der Waals surface area (Å²) < 4.78 is 15.7. The number of carbonyl (C=O) groups excluding carboxylic acids is 1. The normalized spacial score (nSPS) is 9.96. The Bertz CT molecular complexity index is 804. The quantitative estimate of drug-likeness (QED) is 0.306. The van der Waals surface area contributed by atoms with Crippen molar-refractivity contribution in [2.45, 2.75) is 13.8 Å². The zero-order valence-corrected chi connectivity index (χ0v) is 16.0. The summed E-state index contributed by atoms with van der Waals surface area (Å²) in [4.78, 5) is 22.7. The molecule has 144 valence electrons. The smallest absolute Gasteiger partial charge is 0.270 e. The topological polar surface area (TPSA) is 87.9 Å². The van der Waals surface area contributed by atoms with Crippen LogP contribution in [-0.4, -0.2) is 32.0 Å². The molecule has 0 radical (unpaired) electrons. The number of benzene rings is 2. The number of allylic oxidation sites excluding steroid dienone is 1. The molecule has 0 aromatic heterocycles. The minimum absolute atomic E-state index is 0.0395. The predicted molar refractivity (Wildman–Crippen MR) is 104 cm³/mol. The molecule has 0 bridgehead atoms. The van der Waals surface area contributed by atoms with Crippen LogP contribution in [-0.2, 0) is 0 Å². The van der Waals surface area contributed by atoms with Crippen molar-refractivity contribution in [2.24, 2.45) is 0 Å². The lowest BCUT2D eigenvalue weighted by Gasteiger charge is -2.13. The lowest BCUT2D eigenvalue weighted by Crippen LogP contribution is -2.00. The molecule has 0 atom stereocenters. The second-order valence-electron chi connectivity index (χ2n) is 4.96. The SMILES string of the molecule is CC.COc1cc(C(=O)/C=C/c2cccc([N+](=O)[O-])c2)cc(OC)c1OC. The van der Waals surface area contributed by atoms with E-state index in [0.717, 1.165) is 0 Å². The number of ketones is 1. The Morgan fingerprint density at radius 1 is 1.00 bits per heavy atom. The minimum atomic E-state index is -0.488. The molecule has 0 unspecified atom stereocenters. The van der Waals surface area contributed by atoms with Crippen LogP contribution in [0.15, 0.2) is 42.5 Å². The monoisotopic (exact) mass is 373 g/mol. The van der Waals surface area contributed by atoms with Crippen LogP contribution < -0.4 is 14.2 Å². The summed E-state index contributed by atoms with van der Waals surface area (Å²) in [5, 5.41) is 10.8. The van der Waals surface area contributed by atoms with Gasteiger partial charge in [-0.2, -0.15) is 0 Å². The van der Waals surface area contributed by atoms with E-state index in [4.69, 9.17) is 14.2 Å². The highest BCUT2D eigenvalue weighted by Crippen LogP contribution is 2.38. The number of carbonyl (C=O) groups is 1. The first-order valence-corrected chi connectivity index (χ1v) is 8.27. The molecule has 0 spiro atoms. The maximum atomic E-state index is 12.4. The van der Waals surface area contributed by atoms with Gasteiger partial charge in [0.2, 0.25) is 5.75 Å². The summed E-state index contributed by atoms with van der Waals surface area (Å²) in [6.45, 7) is 4.00. The molecular weight excluding hydrogens is 350 g/mol. The Kier molecular flexibility index (Phi) is 8.51. The van der Waals surface area contributed by atoms with Crippen LogP contribution in [0.5, 0.6) is 17.2 Å². The molecule has 7 nitrogen and oxygen atoms in total. The van der Waals surface area contributed by atoms with Crippen LogP contribution in [0.25, 0.3) is 6.08 Å². The van der Waals surface area contributed by atoms with Gasteiger partial charge in [0.15, 0.2) is 17.3 Å². The van der Waals surface area contributed by atoms with Crippen LogP contribution in [0.2, 0.25) is 0 Å². The number of nitro benzene ring substituents is 1. The first-order chi connectivity index (χ1) is 13.0. The van der Waals surface area contributed by atoms with Crippen molar-refractivity contribution < 1.29 is 23.9 Å². The number of hydrogen-bond acceptors (Lipinski definition) is 6. The Morgan fingerprint density at radius 2 is 1.59 bits per heavy atom. The summed E-state index contributed by atoms with van der Waals surface area (Å²) in [6, 6.07) is 9.09. The largest absolute Gasteiger partial charge is 0.493 e.